The summed E-state index contributed by atoms with van der Waals surface area (Å²) in [6, 6.07) is 16.7. The van der Waals surface area contributed by atoms with Gasteiger partial charge < -0.3 is 15.2 Å². The van der Waals surface area contributed by atoms with Crippen molar-refractivity contribution in [3.8, 4) is 5.75 Å². The minimum Gasteiger partial charge on any atom is -0.491 e. The molecule has 4 nitrogen and oxygen atoms in total. The number of hydrogen-bond acceptors (Lipinski definition) is 3. The number of rotatable bonds is 17. The lowest BCUT2D eigenvalue weighted by Gasteiger charge is -2.14. The molecule has 33 heavy (non-hydrogen) atoms. The molecule has 0 aliphatic carbocycles. The Morgan fingerprint density at radius 1 is 0.879 bits per heavy atom. The van der Waals surface area contributed by atoms with Gasteiger partial charge in [0.15, 0.2) is 0 Å². The summed E-state index contributed by atoms with van der Waals surface area (Å²) in [4.78, 5) is 11.5. The minimum atomic E-state index is -0.801. The maximum absolute atomic E-state index is 10.7. The van der Waals surface area contributed by atoms with Crippen LogP contribution in [0, 0.1) is 6.92 Å². The molecule has 0 saturated heterocycles. The Bertz CT molecular complexity index is 838. The molecule has 0 aliphatic heterocycles. The maximum Gasteiger partial charge on any atom is 0.303 e. The Balaban J connectivity index is 1.54. The van der Waals surface area contributed by atoms with Crippen molar-refractivity contribution in [2.75, 3.05) is 11.9 Å². The average Bonchev–Trinajstić information content (AvgIpc) is 2.79. The molecule has 0 amide bonds. The first-order chi connectivity index (χ1) is 16.0. The number of anilines is 1. The highest BCUT2D eigenvalue weighted by molar-refractivity contribution is 7.80. The number of ether oxygens (including phenoxy) is 1. The van der Waals surface area contributed by atoms with Gasteiger partial charge in [-0.1, -0.05) is 87.1 Å². The lowest BCUT2D eigenvalue weighted by atomic mass is 10.0. The molecule has 0 unspecified atom stereocenters. The second kappa shape index (κ2) is 16.2. The van der Waals surface area contributed by atoms with Gasteiger partial charge in [0.05, 0.1) is 17.3 Å². The van der Waals surface area contributed by atoms with E-state index in [1.165, 1.54) is 56.9 Å². The van der Waals surface area contributed by atoms with Crippen molar-refractivity contribution in [1.82, 2.24) is 0 Å². The van der Waals surface area contributed by atoms with Crippen molar-refractivity contribution in [3.05, 3.63) is 59.7 Å². The van der Waals surface area contributed by atoms with Gasteiger partial charge in [-0.15, -0.1) is 0 Å². The quantitative estimate of drug-likeness (QED) is 0.183. The summed E-state index contributed by atoms with van der Waals surface area (Å²) in [6.45, 7) is 2.41. The number of thiocarbonyl (C=S) groups is 1. The third kappa shape index (κ3) is 12.4. The summed E-state index contributed by atoms with van der Waals surface area (Å²) < 4.78 is 5.78. The Morgan fingerprint density at radius 3 is 2.24 bits per heavy atom. The van der Waals surface area contributed by atoms with Crippen LogP contribution in [0.25, 0.3) is 0 Å². The molecule has 0 radical (unpaired) electrons. The van der Waals surface area contributed by atoms with Crippen molar-refractivity contribution in [2.45, 2.75) is 84.0 Å². The second-order valence-electron chi connectivity index (χ2n) is 8.71. The molecule has 0 heterocycles. The van der Waals surface area contributed by atoms with Gasteiger partial charge in [-0.25, -0.2) is 0 Å². The Labute approximate surface area is 204 Å². The molecule has 0 aliphatic rings. The third-order valence-electron chi connectivity index (χ3n) is 5.66. The number of hydrogen-bond donors (Lipinski definition) is 2. The van der Waals surface area contributed by atoms with Crippen molar-refractivity contribution in [2.24, 2.45) is 0 Å². The predicted molar refractivity (Wildman–Crippen MR) is 141 cm³/mol. The van der Waals surface area contributed by atoms with E-state index in [2.05, 4.69) is 35.6 Å². The van der Waals surface area contributed by atoms with Gasteiger partial charge in [-0.05, 0) is 62.3 Å². The number of aryl methyl sites for hydroxylation is 2. The number of carboxylic acids is 1. The van der Waals surface area contributed by atoms with E-state index in [4.69, 9.17) is 22.1 Å². The zero-order valence-electron chi connectivity index (χ0n) is 20.0. The first kappa shape index (κ1) is 26.8. The van der Waals surface area contributed by atoms with Gasteiger partial charge in [0, 0.05) is 6.42 Å². The zero-order valence-corrected chi connectivity index (χ0v) is 20.8. The van der Waals surface area contributed by atoms with Crippen molar-refractivity contribution in [1.29, 1.82) is 0 Å². The van der Waals surface area contributed by atoms with Crippen LogP contribution >= 0.6 is 12.2 Å². The topological polar surface area (TPSA) is 58.6 Å². The number of nitrogens with one attached hydrogen (secondary N) is 1. The van der Waals surface area contributed by atoms with Gasteiger partial charge in [0.2, 0.25) is 0 Å². The van der Waals surface area contributed by atoms with E-state index in [0.717, 1.165) is 34.8 Å². The lowest BCUT2D eigenvalue weighted by Crippen LogP contribution is -2.11. The maximum atomic E-state index is 10.7. The van der Waals surface area contributed by atoms with Crippen LogP contribution in [0.1, 0.15) is 81.8 Å². The number of aliphatic carboxylic acids is 1. The summed E-state index contributed by atoms with van der Waals surface area (Å²) in [5.41, 5.74) is 3.44. The fourth-order valence-corrected chi connectivity index (χ4v) is 4.06. The molecule has 2 N–H and O–H groups in total. The molecule has 2 aromatic carbocycles. The summed E-state index contributed by atoms with van der Waals surface area (Å²) in [6.07, 6.45) is 12.8. The molecule has 5 heteroatoms. The largest absolute Gasteiger partial charge is 0.491 e. The molecule has 0 spiro atoms. The van der Waals surface area contributed by atoms with E-state index < -0.39 is 5.97 Å². The van der Waals surface area contributed by atoms with Gasteiger partial charge >= 0.3 is 5.97 Å². The summed E-state index contributed by atoms with van der Waals surface area (Å²) in [5, 5.41) is 12.1. The van der Waals surface area contributed by atoms with Crippen LogP contribution in [-0.4, -0.2) is 22.7 Å². The number of carboxylic acid groups (broad SMARTS) is 1. The standard InChI is InChI=1S/C28H39NO3S/c1-23-19-20-26(32-21-13-18-28(30)31)25(22-23)29-27(33)17-12-7-5-3-2-4-6-9-14-24-15-10-8-11-16-24/h8,10-11,15-16,19-20,22H,2-7,9,12-14,17-18,21H2,1H3,(H,29,33)(H,30,31). The van der Waals surface area contributed by atoms with Crippen molar-refractivity contribution >= 4 is 28.9 Å². The number of unbranched alkanes of at least 4 members (excludes halogenated alkanes) is 7. The van der Waals surface area contributed by atoms with E-state index in [9.17, 15) is 4.79 Å². The van der Waals surface area contributed by atoms with Gasteiger partial charge in [-0.3, -0.25) is 4.79 Å². The molecular weight excluding hydrogens is 430 g/mol. The smallest absolute Gasteiger partial charge is 0.303 e. The summed E-state index contributed by atoms with van der Waals surface area (Å²) in [5.74, 6) is -0.0781. The molecular formula is C28H39NO3S. The number of carbonyl (C=O) groups is 1. The second-order valence-corrected chi connectivity index (χ2v) is 9.20. The molecule has 0 saturated carbocycles. The molecule has 0 fully saturated rings. The zero-order chi connectivity index (χ0) is 23.7. The first-order valence-electron chi connectivity index (χ1n) is 12.3. The highest BCUT2D eigenvalue weighted by Gasteiger charge is 2.07. The molecule has 2 rings (SSSR count). The molecule has 2 aromatic rings. The number of benzene rings is 2. The SMILES string of the molecule is Cc1ccc(OCCCC(=O)O)c(NC(=S)CCCCCCCCCCc2ccccc2)c1. The van der Waals surface area contributed by atoms with Crippen LogP contribution in [0.3, 0.4) is 0 Å². The van der Waals surface area contributed by atoms with E-state index in [1.807, 2.05) is 25.1 Å². The highest BCUT2D eigenvalue weighted by Crippen LogP contribution is 2.26. The monoisotopic (exact) mass is 469 g/mol. The van der Waals surface area contributed by atoms with Crippen LogP contribution in [-0.2, 0) is 11.2 Å². The van der Waals surface area contributed by atoms with Crippen LogP contribution < -0.4 is 10.1 Å². The third-order valence-corrected chi connectivity index (χ3v) is 5.97. The molecule has 0 aromatic heterocycles. The summed E-state index contributed by atoms with van der Waals surface area (Å²) in [7, 11) is 0. The fraction of sp³-hybridized carbons (Fsp3) is 0.500. The Hall–Kier alpha value is -2.40. The molecule has 180 valence electrons. The predicted octanol–water partition coefficient (Wildman–Crippen LogP) is 7.73. The van der Waals surface area contributed by atoms with E-state index in [1.54, 1.807) is 0 Å². The lowest BCUT2D eigenvalue weighted by molar-refractivity contribution is -0.137. The van der Waals surface area contributed by atoms with E-state index >= 15 is 0 Å². The normalized spacial score (nSPS) is 10.7. The average molecular weight is 470 g/mol. The van der Waals surface area contributed by atoms with Gasteiger partial charge in [-0.2, -0.15) is 0 Å². The Morgan fingerprint density at radius 2 is 1.55 bits per heavy atom. The highest BCUT2D eigenvalue weighted by atomic mass is 32.1. The van der Waals surface area contributed by atoms with Crippen molar-refractivity contribution in [3.63, 3.8) is 0 Å². The van der Waals surface area contributed by atoms with E-state index in [0.29, 0.717) is 13.0 Å². The van der Waals surface area contributed by atoms with Crippen LogP contribution in [0.5, 0.6) is 5.75 Å². The first-order valence-corrected chi connectivity index (χ1v) is 12.7. The molecule has 0 bridgehead atoms. The van der Waals surface area contributed by atoms with Crippen LogP contribution in [0.4, 0.5) is 5.69 Å². The summed E-state index contributed by atoms with van der Waals surface area (Å²) >= 11 is 5.55. The fourth-order valence-electron chi connectivity index (χ4n) is 3.81. The molecule has 0 atom stereocenters. The van der Waals surface area contributed by atoms with Gasteiger partial charge in [0.25, 0.3) is 0 Å². The minimum absolute atomic E-state index is 0.112. The van der Waals surface area contributed by atoms with Crippen LogP contribution in [0.2, 0.25) is 0 Å². The van der Waals surface area contributed by atoms with Crippen LogP contribution in [0.15, 0.2) is 48.5 Å². The van der Waals surface area contributed by atoms with Gasteiger partial charge in [0.1, 0.15) is 5.75 Å². The van der Waals surface area contributed by atoms with E-state index in [-0.39, 0.29) is 6.42 Å². The Kier molecular flexibility index (Phi) is 13.2. The van der Waals surface area contributed by atoms with Crippen molar-refractivity contribution < 1.29 is 14.6 Å².